The quantitative estimate of drug-likeness (QED) is 0.540. The predicted molar refractivity (Wildman–Crippen MR) is 121 cm³/mol. The second kappa shape index (κ2) is 8.25. The molecule has 3 nitrogen and oxygen atoms in total. The molecule has 0 amide bonds. The van der Waals surface area contributed by atoms with Crippen molar-refractivity contribution < 1.29 is 9.84 Å². The van der Waals surface area contributed by atoms with Crippen molar-refractivity contribution in [1.82, 2.24) is 4.90 Å². The van der Waals surface area contributed by atoms with Crippen molar-refractivity contribution >= 4 is 10.8 Å². The highest BCUT2D eigenvalue weighted by Crippen LogP contribution is 2.44. The van der Waals surface area contributed by atoms with Gasteiger partial charge in [0.05, 0.1) is 12.7 Å². The summed E-state index contributed by atoms with van der Waals surface area (Å²) < 4.78 is 6.67. The molecule has 3 heterocycles. The molecule has 3 aliphatic rings. The molecule has 2 bridgehead atoms. The zero-order chi connectivity index (χ0) is 20.5. The van der Waals surface area contributed by atoms with Gasteiger partial charge in [-0.3, -0.25) is 4.90 Å². The van der Waals surface area contributed by atoms with Gasteiger partial charge in [0, 0.05) is 12.6 Å². The van der Waals surface area contributed by atoms with Crippen LogP contribution in [-0.4, -0.2) is 29.1 Å². The number of rotatable bonds is 6. The normalized spacial score (nSPS) is 26.5. The van der Waals surface area contributed by atoms with Gasteiger partial charge in [0.1, 0.15) is 5.75 Å². The predicted octanol–water partition coefficient (Wildman–Crippen LogP) is 5.70. The number of ether oxygens (including phenoxy) is 1. The van der Waals surface area contributed by atoms with E-state index in [1.807, 2.05) is 18.2 Å². The first kappa shape index (κ1) is 19.3. The molecule has 0 radical (unpaired) electrons. The summed E-state index contributed by atoms with van der Waals surface area (Å²) in [7, 11) is 0. The molecule has 30 heavy (non-hydrogen) atoms. The number of fused-ring (bicyclic) bond motifs is 4. The van der Waals surface area contributed by atoms with Crippen LogP contribution in [0.4, 0.5) is 0 Å². The second-order valence-electron chi connectivity index (χ2n) is 8.72. The van der Waals surface area contributed by atoms with E-state index >= 15 is 0 Å². The maximum atomic E-state index is 10.2. The van der Waals surface area contributed by atoms with Crippen molar-refractivity contribution in [3.05, 3.63) is 90.5 Å². The topological polar surface area (TPSA) is 32.7 Å². The molecule has 3 saturated heterocycles. The fourth-order valence-electron chi connectivity index (χ4n) is 5.39. The number of aromatic hydroxyl groups is 1. The first-order valence-electron chi connectivity index (χ1n) is 11.0. The molecule has 154 valence electrons. The molecule has 3 aromatic rings. The summed E-state index contributed by atoms with van der Waals surface area (Å²) in [5, 5.41) is 12.4. The Bertz CT molecular complexity index is 1030. The van der Waals surface area contributed by atoms with Crippen molar-refractivity contribution in [2.45, 2.75) is 31.6 Å². The van der Waals surface area contributed by atoms with E-state index in [1.54, 1.807) is 6.07 Å². The molecule has 3 aromatic carbocycles. The number of phenols is 1. The Morgan fingerprint density at radius 1 is 1.10 bits per heavy atom. The zero-order valence-corrected chi connectivity index (χ0v) is 17.3. The van der Waals surface area contributed by atoms with E-state index in [4.69, 9.17) is 4.74 Å². The minimum atomic E-state index is -0.0377. The number of hydrogen-bond acceptors (Lipinski definition) is 3. The fourth-order valence-corrected chi connectivity index (χ4v) is 5.39. The van der Waals surface area contributed by atoms with Gasteiger partial charge in [0.2, 0.25) is 0 Å². The average molecular weight is 400 g/mol. The summed E-state index contributed by atoms with van der Waals surface area (Å²) >= 11 is 0. The minimum absolute atomic E-state index is 0.0377. The molecule has 3 fully saturated rings. The van der Waals surface area contributed by atoms with Gasteiger partial charge in [0.15, 0.2) is 0 Å². The van der Waals surface area contributed by atoms with Crippen molar-refractivity contribution in [2.75, 3.05) is 13.1 Å². The molecule has 1 N–H and O–H groups in total. The van der Waals surface area contributed by atoms with Crippen LogP contribution in [0.25, 0.3) is 10.8 Å². The number of piperidine rings is 3. The summed E-state index contributed by atoms with van der Waals surface area (Å²) in [4.78, 5) is 2.60. The highest BCUT2D eigenvalue weighted by molar-refractivity contribution is 5.87. The van der Waals surface area contributed by atoms with Crippen LogP contribution >= 0.6 is 0 Å². The summed E-state index contributed by atoms with van der Waals surface area (Å²) in [5.41, 5.74) is 2.36. The minimum Gasteiger partial charge on any atom is -0.508 e. The van der Waals surface area contributed by atoms with Crippen LogP contribution in [0.1, 0.15) is 30.1 Å². The van der Waals surface area contributed by atoms with Crippen molar-refractivity contribution in [1.29, 1.82) is 0 Å². The van der Waals surface area contributed by atoms with E-state index in [1.165, 1.54) is 17.5 Å². The summed E-state index contributed by atoms with van der Waals surface area (Å²) in [6, 6.07) is 22.8. The lowest BCUT2D eigenvalue weighted by atomic mass is 9.73. The van der Waals surface area contributed by atoms with Crippen LogP contribution in [0.2, 0.25) is 0 Å². The van der Waals surface area contributed by atoms with Crippen LogP contribution in [0, 0.1) is 11.8 Å². The van der Waals surface area contributed by atoms with Gasteiger partial charge in [0.25, 0.3) is 0 Å². The SMILES string of the molecule is C=CC1CN2CCC1C[C@H]2[C@@H](OCc1ccccc1)c1cccc2ccc(O)cc12. The van der Waals surface area contributed by atoms with E-state index < -0.39 is 0 Å². The number of benzene rings is 3. The van der Waals surface area contributed by atoms with E-state index in [0.29, 0.717) is 30.2 Å². The van der Waals surface area contributed by atoms with Gasteiger partial charge in [-0.15, -0.1) is 6.58 Å². The fraction of sp³-hybridized carbons (Fsp3) is 0.333. The molecule has 3 heteroatoms. The Hall–Kier alpha value is -2.62. The van der Waals surface area contributed by atoms with Crippen LogP contribution < -0.4 is 0 Å². The summed E-state index contributed by atoms with van der Waals surface area (Å²) in [5.74, 6) is 1.57. The molecule has 3 unspecified atom stereocenters. The molecule has 3 aliphatic heterocycles. The Labute approximate surface area is 178 Å². The molecular formula is C27H29NO2. The van der Waals surface area contributed by atoms with Crippen LogP contribution in [0.15, 0.2) is 79.4 Å². The van der Waals surface area contributed by atoms with E-state index in [0.717, 1.165) is 30.3 Å². The lowest BCUT2D eigenvalue weighted by Gasteiger charge is -2.51. The van der Waals surface area contributed by atoms with Crippen molar-refractivity contribution in [3.63, 3.8) is 0 Å². The van der Waals surface area contributed by atoms with E-state index in [9.17, 15) is 5.11 Å². The average Bonchev–Trinajstić information content (AvgIpc) is 2.80. The third-order valence-corrected chi connectivity index (χ3v) is 6.98. The molecule has 0 aromatic heterocycles. The lowest BCUT2D eigenvalue weighted by Crippen LogP contribution is -2.55. The Kier molecular flexibility index (Phi) is 5.32. The second-order valence-corrected chi connectivity index (χ2v) is 8.72. The molecule has 0 saturated carbocycles. The zero-order valence-electron chi connectivity index (χ0n) is 17.3. The third kappa shape index (κ3) is 3.64. The van der Waals surface area contributed by atoms with E-state index in [-0.39, 0.29) is 6.10 Å². The maximum Gasteiger partial charge on any atom is 0.116 e. The summed E-state index contributed by atoms with van der Waals surface area (Å²) in [6.45, 7) is 6.85. The van der Waals surface area contributed by atoms with Gasteiger partial charge in [-0.25, -0.2) is 0 Å². The van der Waals surface area contributed by atoms with Crippen LogP contribution in [0.3, 0.4) is 0 Å². The van der Waals surface area contributed by atoms with Crippen LogP contribution in [-0.2, 0) is 11.3 Å². The number of phenolic OH excluding ortho intramolecular Hbond substituents is 1. The highest BCUT2D eigenvalue weighted by Gasteiger charge is 2.43. The first-order chi connectivity index (χ1) is 14.7. The molecular weight excluding hydrogens is 370 g/mol. The van der Waals surface area contributed by atoms with Gasteiger partial charge >= 0.3 is 0 Å². The monoisotopic (exact) mass is 399 g/mol. The number of hydrogen-bond donors (Lipinski definition) is 1. The van der Waals surface area contributed by atoms with Crippen molar-refractivity contribution in [2.24, 2.45) is 11.8 Å². The lowest BCUT2D eigenvalue weighted by molar-refractivity contribution is -0.0803. The Balaban J connectivity index is 1.52. The molecule has 5 atom stereocenters. The molecule has 0 aliphatic carbocycles. The third-order valence-electron chi connectivity index (χ3n) is 6.98. The van der Waals surface area contributed by atoms with Gasteiger partial charge < -0.3 is 9.84 Å². The summed E-state index contributed by atoms with van der Waals surface area (Å²) in [6.07, 6.45) is 4.48. The maximum absolute atomic E-state index is 10.2. The Morgan fingerprint density at radius 2 is 1.97 bits per heavy atom. The van der Waals surface area contributed by atoms with Crippen LogP contribution in [0.5, 0.6) is 5.75 Å². The highest BCUT2D eigenvalue weighted by atomic mass is 16.5. The molecule has 0 spiro atoms. The van der Waals surface area contributed by atoms with E-state index in [2.05, 4.69) is 60.0 Å². The standard InChI is InChI=1S/C27H29NO2/c1-2-20-17-28-14-13-22(20)15-26(28)27(30-18-19-7-4-3-5-8-19)24-10-6-9-21-11-12-23(29)16-25(21)24/h2-12,16,20,22,26-27,29H,1,13-15,17-18H2/t20?,22?,26-,27-/m0/s1. The smallest absolute Gasteiger partial charge is 0.116 e. The van der Waals surface area contributed by atoms with Crippen molar-refractivity contribution in [3.8, 4) is 5.75 Å². The largest absolute Gasteiger partial charge is 0.508 e. The number of nitrogens with zero attached hydrogens (tertiary/aromatic N) is 1. The van der Waals surface area contributed by atoms with Gasteiger partial charge in [-0.05, 0) is 65.3 Å². The van der Waals surface area contributed by atoms with Gasteiger partial charge in [-0.2, -0.15) is 0 Å². The molecule has 6 rings (SSSR count). The van der Waals surface area contributed by atoms with Gasteiger partial charge in [-0.1, -0.05) is 60.7 Å². The first-order valence-corrected chi connectivity index (χ1v) is 11.0. The Morgan fingerprint density at radius 3 is 2.73 bits per heavy atom.